The van der Waals surface area contributed by atoms with E-state index in [0.717, 1.165) is 6.42 Å². The van der Waals surface area contributed by atoms with Gasteiger partial charge in [-0.2, -0.15) is 0 Å². The fraction of sp³-hybridized carbons (Fsp3) is 0.375. The Bertz CT molecular complexity index is 871. The number of rotatable bonds is 6. The molecule has 0 aromatic heterocycles. The Morgan fingerprint density at radius 3 is 2.56 bits per heavy atom. The van der Waals surface area contributed by atoms with Crippen molar-refractivity contribution in [3.05, 3.63) is 66.3 Å². The number of para-hydroxylation sites is 1. The highest BCUT2D eigenvalue weighted by Crippen LogP contribution is 2.28. The molecular formula is C24H30O8. The molecule has 0 aliphatic carbocycles. The third-order valence-electron chi connectivity index (χ3n) is 4.47. The summed E-state index contributed by atoms with van der Waals surface area (Å²) in [5.74, 6) is -1.96. The molecule has 2 saturated heterocycles. The summed E-state index contributed by atoms with van der Waals surface area (Å²) in [6.45, 7) is 7.80. The molecule has 32 heavy (non-hydrogen) atoms. The van der Waals surface area contributed by atoms with Crippen LogP contribution in [0.2, 0.25) is 0 Å². The van der Waals surface area contributed by atoms with Gasteiger partial charge in [0.1, 0.15) is 17.4 Å². The number of hydrogen-bond acceptors (Lipinski definition) is 7. The van der Waals surface area contributed by atoms with Gasteiger partial charge in [-0.15, -0.1) is 0 Å². The van der Waals surface area contributed by atoms with E-state index < -0.39 is 11.9 Å². The van der Waals surface area contributed by atoms with Gasteiger partial charge in [-0.3, -0.25) is 4.79 Å². The van der Waals surface area contributed by atoms with Gasteiger partial charge in [-0.1, -0.05) is 44.4 Å². The Labute approximate surface area is 188 Å². The van der Waals surface area contributed by atoms with Crippen LogP contribution in [0.3, 0.4) is 0 Å². The second kappa shape index (κ2) is 13.2. The topological polar surface area (TPSA) is 108 Å². The normalized spacial score (nSPS) is 21.6. The minimum Gasteiger partial charge on any atom is -0.478 e. The summed E-state index contributed by atoms with van der Waals surface area (Å²) >= 11 is 0. The van der Waals surface area contributed by atoms with E-state index in [1.54, 1.807) is 24.3 Å². The van der Waals surface area contributed by atoms with Crippen molar-refractivity contribution in [2.45, 2.75) is 46.0 Å². The third-order valence-corrected chi connectivity index (χ3v) is 4.47. The van der Waals surface area contributed by atoms with Crippen molar-refractivity contribution in [3.8, 4) is 5.75 Å². The van der Waals surface area contributed by atoms with Gasteiger partial charge in [0.05, 0.1) is 18.3 Å². The summed E-state index contributed by atoms with van der Waals surface area (Å²) in [5.41, 5.74) is 0.423. The van der Waals surface area contributed by atoms with Crippen LogP contribution in [-0.4, -0.2) is 54.5 Å². The molecule has 2 aliphatic heterocycles. The number of aromatic carboxylic acids is 1. The second-order valence-corrected chi connectivity index (χ2v) is 6.69. The van der Waals surface area contributed by atoms with Crippen LogP contribution in [0.25, 0.3) is 0 Å². The van der Waals surface area contributed by atoms with Crippen LogP contribution < -0.4 is 4.74 Å². The molecule has 0 spiro atoms. The minimum atomic E-state index is -1.11. The van der Waals surface area contributed by atoms with E-state index in [4.69, 9.17) is 19.3 Å². The van der Waals surface area contributed by atoms with Gasteiger partial charge in [-0.25, -0.2) is 9.59 Å². The van der Waals surface area contributed by atoms with Gasteiger partial charge in [0.2, 0.25) is 0 Å². The van der Waals surface area contributed by atoms with Crippen LogP contribution in [0.15, 0.2) is 60.7 Å². The Hall–Kier alpha value is -3.23. The largest absolute Gasteiger partial charge is 0.478 e. The summed E-state index contributed by atoms with van der Waals surface area (Å²) < 4.78 is 21.1. The van der Waals surface area contributed by atoms with Crippen molar-refractivity contribution in [2.24, 2.45) is 0 Å². The lowest BCUT2D eigenvalue weighted by Crippen LogP contribution is -2.32. The molecule has 3 rings (SSSR count). The molecule has 1 aromatic carbocycles. The predicted molar refractivity (Wildman–Crippen MR) is 119 cm³/mol. The van der Waals surface area contributed by atoms with Crippen molar-refractivity contribution in [2.75, 3.05) is 13.2 Å². The Kier molecular flexibility index (Phi) is 11.1. The molecule has 8 nitrogen and oxygen atoms in total. The SMILES string of the molecule is C.C=C/C(=C\C=C/C)C(=O)OC1CO[C@@H]2CCOC12.CC(=O)Oc1ccccc1C(=O)O. The average molecular weight is 446 g/mol. The molecule has 3 atom stereocenters. The molecule has 8 heteroatoms. The van der Waals surface area contributed by atoms with Gasteiger partial charge in [-0.05, 0) is 31.6 Å². The first-order valence-electron chi connectivity index (χ1n) is 9.77. The summed E-state index contributed by atoms with van der Waals surface area (Å²) in [6, 6.07) is 5.98. The Morgan fingerprint density at radius 2 is 1.94 bits per heavy atom. The zero-order valence-electron chi connectivity index (χ0n) is 17.5. The number of carbonyl (C=O) groups is 3. The smallest absolute Gasteiger partial charge is 0.339 e. The van der Waals surface area contributed by atoms with E-state index in [2.05, 4.69) is 11.3 Å². The lowest BCUT2D eigenvalue weighted by Gasteiger charge is -2.16. The summed E-state index contributed by atoms with van der Waals surface area (Å²) in [6.07, 6.45) is 7.32. The lowest BCUT2D eigenvalue weighted by molar-refractivity contribution is -0.148. The lowest BCUT2D eigenvalue weighted by atomic mass is 10.1. The molecule has 1 aromatic rings. The average Bonchev–Trinajstić information content (AvgIpc) is 3.34. The van der Waals surface area contributed by atoms with Crippen LogP contribution in [0, 0.1) is 0 Å². The number of fused-ring (bicyclic) bond motifs is 1. The second-order valence-electron chi connectivity index (χ2n) is 6.69. The number of carboxylic acids is 1. The number of benzene rings is 1. The summed E-state index contributed by atoms with van der Waals surface area (Å²) in [7, 11) is 0. The maximum Gasteiger partial charge on any atom is 0.339 e. The number of ether oxygens (including phenoxy) is 4. The quantitative estimate of drug-likeness (QED) is 0.305. The highest BCUT2D eigenvalue weighted by Gasteiger charge is 2.44. The van der Waals surface area contributed by atoms with Crippen molar-refractivity contribution >= 4 is 17.9 Å². The zero-order chi connectivity index (χ0) is 22.8. The number of carbonyl (C=O) groups excluding carboxylic acids is 2. The van der Waals surface area contributed by atoms with Gasteiger partial charge in [0.15, 0.2) is 6.10 Å². The van der Waals surface area contributed by atoms with E-state index in [9.17, 15) is 14.4 Å². The van der Waals surface area contributed by atoms with Crippen molar-refractivity contribution < 1.29 is 38.4 Å². The maximum atomic E-state index is 11.9. The summed E-state index contributed by atoms with van der Waals surface area (Å²) in [5, 5.41) is 8.69. The van der Waals surface area contributed by atoms with E-state index in [-0.39, 0.29) is 43.0 Å². The molecule has 2 aliphatic rings. The van der Waals surface area contributed by atoms with Crippen molar-refractivity contribution in [1.82, 2.24) is 0 Å². The number of allylic oxidation sites excluding steroid dienone is 3. The molecule has 0 radical (unpaired) electrons. The van der Waals surface area contributed by atoms with Gasteiger partial charge in [0, 0.05) is 13.5 Å². The zero-order valence-corrected chi connectivity index (χ0v) is 17.5. The Morgan fingerprint density at radius 1 is 1.22 bits per heavy atom. The predicted octanol–water partition coefficient (Wildman–Crippen LogP) is 3.72. The molecule has 1 N–H and O–H groups in total. The van der Waals surface area contributed by atoms with Gasteiger partial charge in [0.25, 0.3) is 0 Å². The molecule has 0 saturated carbocycles. The van der Waals surface area contributed by atoms with Crippen molar-refractivity contribution in [1.29, 1.82) is 0 Å². The monoisotopic (exact) mass is 446 g/mol. The molecular weight excluding hydrogens is 416 g/mol. The molecule has 2 fully saturated rings. The van der Waals surface area contributed by atoms with Crippen molar-refractivity contribution in [3.63, 3.8) is 0 Å². The first-order chi connectivity index (χ1) is 14.9. The van der Waals surface area contributed by atoms with Gasteiger partial charge < -0.3 is 24.1 Å². The number of esters is 2. The van der Waals surface area contributed by atoms with Crippen LogP contribution >= 0.6 is 0 Å². The minimum absolute atomic E-state index is 0. The number of carboxylic acid groups (broad SMARTS) is 1. The fourth-order valence-electron chi connectivity index (χ4n) is 3.04. The van der Waals surface area contributed by atoms with E-state index in [0.29, 0.717) is 18.8 Å². The first kappa shape index (κ1) is 26.8. The third kappa shape index (κ3) is 7.47. The van der Waals surface area contributed by atoms with Crippen LogP contribution in [0.4, 0.5) is 0 Å². The Balaban J connectivity index is 0.000000327. The van der Waals surface area contributed by atoms with E-state index in [1.807, 2.05) is 13.0 Å². The van der Waals surface area contributed by atoms with Crippen LogP contribution in [-0.2, 0) is 23.8 Å². The highest BCUT2D eigenvalue weighted by molar-refractivity contribution is 5.92. The number of hydrogen-bond donors (Lipinski definition) is 1. The van der Waals surface area contributed by atoms with E-state index in [1.165, 1.54) is 25.1 Å². The van der Waals surface area contributed by atoms with Crippen LogP contribution in [0.5, 0.6) is 5.75 Å². The first-order valence-corrected chi connectivity index (χ1v) is 9.77. The highest BCUT2D eigenvalue weighted by atomic mass is 16.6. The van der Waals surface area contributed by atoms with Gasteiger partial charge >= 0.3 is 17.9 Å². The summed E-state index contributed by atoms with van der Waals surface area (Å²) in [4.78, 5) is 33.1. The fourth-order valence-corrected chi connectivity index (χ4v) is 3.04. The molecule has 2 heterocycles. The van der Waals surface area contributed by atoms with E-state index >= 15 is 0 Å². The standard InChI is InChI=1S/C14H18O4.C9H8O4.CH4/c1-3-5-6-10(4-2)14(15)18-12-9-17-11-7-8-16-13(11)12;1-6(10)13-8-5-3-2-4-7(8)9(11)12;/h3-6,11-13H,2,7-9H2,1H3;2-5H,1H3,(H,11,12);1H4/b5-3-,10-6+;;/t11-,12?,13?;;/m1../s1. The molecule has 0 bridgehead atoms. The molecule has 174 valence electrons. The molecule has 0 amide bonds. The van der Waals surface area contributed by atoms with Crippen LogP contribution in [0.1, 0.15) is 38.1 Å². The maximum absolute atomic E-state index is 11.9. The molecule has 2 unspecified atom stereocenters.